The molecule has 1 amide bonds. The molecule has 0 saturated carbocycles. The molecule has 116 valence electrons. The van der Waals surface area contributed by atoms with Gasteiger partial charge in [-0.3, -0.25) is 4.79 Å². The number of benzene rings is 1. The van der Waals surface area contributed by atoms with Crippen molar-refractivity contribution in [1.29, 1.82) is 0 Å². The molecule has 1 aromatic rings. The fraction of sp³-hybridized carbons (Fsp3) is 0.429. The van der Waals surface area contributed by atoms with Gasteiger partial charge in [-0.05, 0) is 47.5 Å². The van der Waals surface area contributed by atoms with E-state index in [1.54, 1.807) is 0 Å². The summed E-state index contributed by atoms with van der Waals surface area (Å²) in [6, 6.07) is 3.83. The maximum atomic E-state index is 12.9. The molecular formula is C14H17BrFNO4. The van der Waals surface area contributed by atoms with Gasteiger partial charge >= 0.3 is 5.97 Å². The van der Waals surface area contributed by atoms with Crippen molar-refractivity contribution in [2.45, 2.75) is 26.4 Å². The van der Waals surface area contributed by atoms with E-state index in [4.69, 9.17) is 9.47 Å². The third-order valence-electron chi connectivity index (χ3n) is 2.47. The number of amides is 1. The number of nitrogens with one attached hydrogen (secondary N) is 1. The second kappa shape index (κ2) is 8.61. The van der Waals surface area contributed by atoms with Crippen molar-refractivity contribution in [2.24, 2.45) is 0 Å². The van der Waals surface area contributed by atoms with Crippen LogP contribution in [0, 0.1) is 5.82 Å². The number of rotatable bonds is 7. The number of carbonyl (C=O) groups is 2. The summed E-state index contributed by atoms with van der Waals surface area (Å²) in [5.41, 5.74) is 0. The van der Waals surface area contributed by atoms with Crippen molar-refractivity contribution in [1.82, 2.24) is 5.32 Å². The molecule has 5 nitrogen and oxygen atoms in total. The number of hydrogen-bond donors (Lipinski definition) is 1. The van der Waals surface area contributed by atoms with Crippen LogP contribution in [0.25, 0.3) is 0 Å². The van der Waals surface area contributed by atoms with Crippen molar-refractivity contribution in [3.63, 3.8) is 0 Å². The third kappa shape index (κ3) is 6.12. The summed E-state index contributed by atoms with van der Waals surface area (Å²) >= 11 is 3.12. The average molecular weight is 362 g/mol. The summed E-state index contributed by atoms with van der Waals surface area (Å²) < 4.78 is 23.4. The largest absolute Gasteiger partial charge is 0.481 e. The molecule has 0 radical (unpaired) electrons. The zero-order chi connectivity index (χ0) is 15.8. The summed E-state index contributed by atoms with van der Waals surface area (Å²) in [7, 11) is 0. The molecule has 0 fully saturated rings. The predicted molar refractivity (Wildman–Crippen MR) is 78.4 cm³/mol. The maximum Gasteiger partial charge on any atom is 0.344 e. The van der Waals surface area contributed by atoms with E-state index in [0.29, 0.717) is 16.8 Å². The molecule has 1 atom stereocenters. The lowest BCUT2D eigenvalue weighted by Gasteiger charge is -2.13. The molecule has 21 heavy (non-hydrogen) atoms. The van der Waals surface area contributed by atoms with Crippen molar-refractivity contribution in [2.75, 3.05) is 13.2 Å². The van der Waals surface area contributed by atoms with Gasteiger partial charge in [-0.15, -0.1) is 0 Å². The van der Waals surface area contributed by atoms with E-state index in [1.807, 2.05) is 6.92 Å². The minimum absolute atomic E-state index is 0.316. The highest BCUT2D eigenvalue weighted by atomic mass is 79.9. The van der Waals surface area contributed by atoms with E-state index in [9.17, 15) is 14.0 Å². The monoisotopic (exact) mass is 361 g/mol. The molecule has 0 bridgehead atoms. The van der Waals surface area contributed by atoms with E-state index >= 15 is 0 Å². The van der Waals surface area contributed by atoms with Gasteiger partial charge in [0.2, 0.25) is 0 Å². The number of ether oxygens (including phenoxy) is 2. The Morgan fingerprint density at radius 1 is 1.43 bits per heavy atom. The van der Waals surface area contributed by atoms with Gasteiger partial charge in [-0.2, -0.15) is 0 Å². The Bertz CT molecular complexity index is 510. The Labute approximate surface area is 130 Å². The lowest BCUT2D eigenvalue weighted by molar-refractivity contribution is -0.156. The maximum absolute atomic E-state index is 12.9. The zero-order valence-corrected chi connectivity index (χ0v) is 13.4. The molecule has 0 unspecified atom stereocenters. The van der Waals surface area contributed by atoms with Crippen LogP contribution in [-0.4, -0.2) is 31.1 Å². The van der Waals surface area contributed by atoms with Crippen LogP contribution in [0.2, 0.25) is 0 Å². The van der Waals surface area contributed by atoms with Gasteiger partial charge in [0.05, 0.1) is 4.47 Å². The lowest BCUT2D eigenvalue weighted by atomic mass is 10.3. The van der Waals surface area contributed by atoms with Crippen molar-refractivity contribution < 1.29 is 23.5 Å². The Morgan fingerprint density at radius 3 is 2.76 bits per heavy atom. The molecule has 7 heteroatoms. The Hall–Kier alpha value is -1.63. The molecule has 1 N–H and O–H groups in total. The SMILES string of the molecule is CCCNC(=O)[C@@H](C)OC(=O)COc1ccc(F)cc1Br. The van der Waals surface area contributed by atoms with Crippen LogP contribution in [0.15, 0.2) is 22.7 Å². The number of carbonyl (C=O) groups excluding carboxylic acids is 2. The first-order valence-corrected chi connectivity index (χ1v) is 7.28. The summed E-state index contributed by atoms with van der Waals surface area (Å²) in [6.45, 7) is 3.57. The van der Waals surface area contributed by atoms with Crippen LogP contribution in [-0.2, 0) is 14.3 Å². The van der Waals surface area contributed by atoms with Crippen molar-refractivity contribution in [3.8, 4) is 5.75 Å². The van der Waals surface area contributed by atoms with Gasteiger partial charge < -0.3 is 14.8 Å². The summed E-state index contributed by atoms with van der Waals surface area (Å²) in [4.78, 5) is 23.1. The van der Waals surface area contributed by atoms with E-state index in [2.05, 4.69) is 21.2 Å². The standard InChI is InChI=1S/C14H17BrFNO4/c1-3-6-17-14(19)9(2)21-13(18)8-20-12-5-4-10(16)7-11(12)15/h4-5,7,9H,3,6,8H2,1-2H3,(H,17,19)/t9-/m1/s1. The fourth-order valence-electron chi connectivity index (χ4n) is 1.41. The van der Waals surface area contributed by atoms with Crippen LogP contribution in [0.3, 0.4) is 0 Å². The van der Waals surface area contributed by atoms with Gasteiger partial charge in [0.25, 0.3) is 5.91 Å². The van der Waals surface area contributed by atoms with E-state index < -0.39 is 17.9 Å². The molecule has 0 aromatic heterocycles. The Morgan fingerprint density at radius 2 is 2.14 bits per heavy atom. The Kier molecular flexibility index (Phi) is 7.14. The van der Waals surface area contributed by atoms with Crippen LogP contribution in [0.4, 0.5) is 4.39 Å². The molecule has 1 rings (SSSR count). The van der Waals surface area contributed by atoms with Gasteiger partial charge in [-0.25, -0.2) is 9.18 Å². The minimum atomic E-state index is -0.885. The summed E-state index contributed by atoms with van der Waals surface area (Å²) in [6.07, 6.45) is -0.0852. The second-order valence-electron chi connectivity index (χ2n) is 4.29. The van der Waals surface area contributed by atoms with E-state index in [1.165, 1.54) is 25.1 Å². The second-order valence-corrected chi connectivity index (χ2v) is 5.14. The third-order valence-corrected chi connectivity index (χ3v) is 3.09. The van der Waals surface area contributed by atoms with Crippen molar-refractivity contribution >= 4 is 27.8 Å². The van der Waals surface area contributed by atoms with Crippen molar-refractivity contribution in [3.05, 3.63) is 28.5 Å². The highest BCUT2D eigenvalue weighted by Crippen LogP contribution is 2.25. The number of esters is 1. The van der Waals surface area contributed by atoms with Gasteiger partial charge in [0.15, 0.2) is 12.7 Å². The number of hydrogen-bond acceptors (Lipinski definition) is 4. The quantitative estimate of drug-likeness (QED) is 0.757. The minimum Gasteiger partial charge on any atom is -0.481 e. The molecule has 0 aliphatic rings. The smallest absolute Gasteiger partial charge is 0.344 e. The first-order valence-electron chi connectivity index (χ1n) is 6.49. The van der Waals surface area contributed by atoms with Crippen LogP contribution < -0.4 is 10.1 Å². The van der Waals surface area contributed by atoms with E-state index in [0.717, 1.165) is 6.42 Å². The number of halogens is 2. The molecular weight excluding hydrogens is 345 g/mol. The summed E-state index contributed by atoms with van der Waals surface area (Å²) in [5, 5.41) is 2.62. The summed E-state index contributed by atoms with van der Waals surface area (Å²) in [5.74, 6) is -1.13. The van der Waals surface area contributed by atoms with Crippen LogP contribution in [0.1, 0.15) is 20.3 Å². The molecule has 0 spiro atoms. The highest BCUT2D eigenvalue weighted by molar-refractivity contribution is 9.10. The van der Waals surface area contributed by atoms with Gasteiger partial charge in [-0.1, -0.05) is 6.92 Å². The molecule has 1 aromatic carbocycles. The first-order chi connectivity index (χ1) is 9.93. The molecule has 0 aliphatic carbocycles. The average Bonchev–Trinajstić information content (AvgIpc) is 2.43. The van der Waals surface area contributed by atoms with E-state index in [-0.39, 0.29) is 12.5 Å². The first kappa shape index (κ1) is 17.4. The Balaban J connectivity index is 2.41. The molecule has 0 heterocycles. The van der Waals surface area contributed by atoms with Gasteiger partial charge in [0.1, 0.15) is 11.6 Å². The predicted octanol–water partition coefficient (Wildman–Crippen LogP) is 2.42. The molecule has 0 saturated heterocycles. The van der Waals surface area contributed by atoms with Crippen LogP contribution in [0.5, 0.6) is 5.75 Å². The van der Waals surface area contributed by atoms with Gasteiger partial charge in [0, 0.05) is 6.54 Å². The topological polar surface area (TPSA) is 64.6 Å². The van der Waals surface area contributed by atoms with Crippen LogP contribution >= 0.6 is 15.9 Å². The zero-order valence-electron chi connectivity index (χ0n) is 11.8. The normalized spacial score (nSPS) is 11.6. The highest BCUT2D eigenvalue weighted by Gasteiger charge is 2.17. The lowest BCUT2D eigenvalue weighted by Crippen LogP contribution is -2.37. The molecule has 0 aliphatic heterocycles. The fourth-order valence-corrected chi connectivity index (χ4v) is 1.87.